The zero-order valence-corrected chi connectivity index (χ0v) is 15.5. The molecule has 1 heterocycles. The van der Waals surface area contributed by atoms with Gasteiger partial charge in [0.25, 0.3) is 0 Å². The molecule has 1 N–H and O–H groups in total. The van der Waals surface area contributed by atoms with Gasteiger partial charge in [0.2, 0.25) is 5.91 Å². The van der Waals surface area contributed by atoms with Gasteiger partial charge < -0.3 is 10.0 Å². The summed E-state index contributed by atoms with van der Waals surface area (Å²) in [7, 11) is 0. The predicted octanol–water partition coefficient (Wildman–Crippen LogP) is 4.64. The summed E-state index contributed by atoms with van der Waals surface area (Å²) in [6.07, 6.45) is 1.78. The van der Waals surface area contributed by atoms with Crippen LogP contribution in [-0.4, -0.2) is 22.5 Å². The molecule has 142 valence electrons. The number of halogens is 1. The standard InChI is InChI=1S/C24H22FNO2/c25-19-11-12-22(27)21(16-19)24-20-9-5-4-8-18(20)14-15-26(24)23(28)13-10-17-6-2-1-3-7-17/h1-9,11-12,16,24,27H,10,13-15H2. The first-order valence-corrected chi connectivity index (χ1v) is 9.53. The first kappa shape index (κ1) is 18.2. The van der Waals surface area contributed by atoms with Crippen LogP contribution >= 0.6 is 0 Å². The van der Waals surface area contributed by atoms with E-state index >= 15 is 0 Å². The number of benzene rings is 3. The van der Waals surface area contributed by atoms with Crippen molar-refractivity contribution in [1.82, 2.24) is 4.90 Å². The summed E-state index contributed by atoms with van der Waals surface area (Å²) >= 11 is 0. The Morgan fingerprint density at radius 3 is 2.57 bits per heavy atom. The quantitative estimate of drug-likeness (QED) is 0.722. The van der Waals surface area contributed by atoms with Gasteiger partial charge in [0.15, 0.2) is 0 Å². The molecule has 0 aliphatic carbocycles. The third kappa shape index (κ3) is 3.63. The smallest absolute Gasteiger partial charge is 0.223 e. The highest BCUT2D eigenvalue weighted by atomic mass is 19.1. The first-order chi connectivity index (χ1) is 13.6. The number of fused-ring (bicyclic) bond motifs is 1. The number of hydrogen-bond acceptors (Lipinski definition) is 2. The van der Waals surface area contributed by atoms with Gasteiger partial charge in [-0.25, -0.2) is 4.39 Å². The lowest BCUT2D eigenvalue weighted by atomic mass is 9.87. The number of carbonyl (C=O) groups excluding carboxylic acids is 1. The zero-order valence-electron chi connectivity index (χ0n) is 15.5. The molecular weight excluding hydrogens is 353 g/mol. The molecule has 1 aliphatic heterocycles. The fourth-order valence-electron chi connectivity index (χ4n) is 3.95. The molecule has 0 radical (unpaired) electrons. The summed E-state index contributed by atoms with van der Waals surface area (Å²) in [5.41, 5.74) is 3.62. The Balaban J connectivity index is 1.67. The highest BCUT2D eigenvalue weighted by Gasteiger charge is 2.33. The number of hydrogen-bond donors (Lipinski definition) is 1. The second kappa shape index (κ2) is 7.85. The highest BCUT2D eigenvalue weighted by molar-refractivity contribution is 5.78. The summed E-state index contributed by atoms with van der Waals surface area (Å²) in [4.78, 5) is 14.9. The van der Waals surface area contributed by atoms with E-state index in [1.165, 1.54) is 18.2 Å². The molecule has 1 unspecified atom stereocenters. The second-order valence-corrected chi connectivity index (χ2v) is 7.13. The lowest BCUT2D eigenvalue weighted by molar-refractivity contribution is -0.133. The van der Waals surface area contributed by atoms with Crippen LogP contribution in [0.5, 0.6) is 5.75 Å². The van der Waals surface area contributed by atoms with E-state index in [2.05, 4.69) is 0 Å². The van der Waals surface area contributed by atoms with Crippen LogP contribution < -0.4 is 0 Å². The number of amides is 1. The van der Waals surface area contributed by atoms with E-state index in [9.17, 15) is 14.3 Å². The molecule has 0 fully saturated rings. The van der Waals surface area contributed by atoms with E-state index < -0.39 is 11.9 Å². The number of carbonyl (C=O) groups is 1. The Labute approximate surface area is 164 Å². The van der Waals surface area contributed by atoms with E-state index in [4.69, 9.17) is 0 Å². The molecule has 3 aromatic carbocycles. The van der Waals surface area contributed by atoms with Gasteiger partial charge in [0, 0.05) is 18.5 Å². The normalized spacial score (nSPS) is 15.9. The van der Waals surface area contributed by atoms with Gasteiger partial charge in [-0.05, 0) is 47.7 Å². The SMILES string of the molecule is O=C(CCc1ccccc1)N1CCc2ccccc2C1c1cc(F)ccc1O. The molecule has 1 amide bonds. The van der Waals surface area contributed by atoms with Crippen molar-refractivity contribution in [2.75, 3.05) is 6.54 Å². The molecule has 0 bridgehead atoms. The Bertz CT molecular complexity index is 987. The average Bonchev–Trinajstić information content (AvgIpc) is 2.74. The number of nitrogens with zero attached hydrogens (tertiary/aromatic N) is 1. The van der Waals surface area contributed by atoms with Crippen molar-refractivity contribution in [2.45, 2.75) is 25.3 Å². The molecule has 0 spiro atoms. The zero-order chi connectivity index (χ0) is 19.5. The Morgan fingerprint density at radius 2 is 1.75 bits per heavy atom. The number of rotatable bonds is 4. The average molecular weight is 375 g/mol. The Kier molecular flexibility index (Phi) is 5.11. The van der Waals surface area contributed by atoms with Crippen LogP contribution in [0.15, 0.2) is 72.8 Å². The van der Waals surface area contributed by atoms with Gasteiger partial charge in [0.05, 0.1) is 6.04 Å². The molecule has 1 atom stereocenters. The Hall–Kier alpha value is -3.14. The van der Waals surface area contributed by atoms with Crippen LogP contribution in [0.25, 0.3) is 0 Å². The van der Waals surface area contributed by atoms with Crippen LogP contribution in [0.3, 0.4) is 0 Å². The maximum atomic E-state index is 14.0. The molecule has 0 aromatic heterocycles. The van der Waals surface area contributed by atoms with Gasteiger partial charge in [-0.3, -0.25) is 4.79 Å². The first-order valence-electron chi connectivity index (χ1n) is 9.53. The van der Waals surface area contributed by atoms with Gasteiger partial charge >= 0.3 is 0 Å². The van der Waals surface area contributed by atoms with Crippen LogP contribution in [0.2, 0.25) is 0 Å². The van der Waals surface area contributed by atoms with Gasteiger partial charge in [0.1, 0.15) is 11.6 Å². The van der Waals surface area contributed by atoms with E-state index in [1.54, 1.807) is 4.90 Å². The molecule has 1 aliphatic rings. The summed E-state index contributed by atoms with van der Waals surface area (Å²) in [5, 5.41) is 10.4. The van der Waals surface area contributed by atoms with Gasteiger partial charge in [-0.15, -0.1) is 0 Å². The number of aromatic hydroxyl groups is 1. The van der Waals surface area contributed by atoms with Crippen molar-refractivity contribution in [3.05, 3.63) is 101 Å². The molecule has 28 heavy (non-hydrogen) atoms. The van der Waals surface area contributed by atoms with Crippen LogP contribution in [0, 0.1) is 5.82 Å². The summed E-state index contributed by atoms with van der Waals surface area (Å²) in [6.45, 7) is 0.547. The highest BCUT2D eigenvalue weighted by Crippen LogP contribution is 2.39. The monoisotopic (exact) mass is 375 g/mol. The third-order valence-corrected chi connectivity index (χ3v) is 5.36. The van der Waals surface area contributed by atoms with Crippen molar-refractivity contribution in [3.8, 4) is 5.75 Å². The van der Waals surface area contributed by atoms with Crippen LogP contribution in [0.1, 0.15) is 34.7 Å². The number of aryl methyl sites for hydroxylation is 1. The minimum atomic E-state index is -0.482. The van der Waals surface area contributed by atoms with Crippen molar-refractivity contribution < 1.29 is 14.3 Å². The van der Waals surface area contributed by atoms with Crippen LogP contribution in [-0.2, 0) is 17.6 Å². The van der Waals surface area contributed by atoms with Gasteiger partial charge in [-0.2, -0.15) is 0 Å². The van der Waals surface area contributed by atoms with E-state index in [0.29, 0.717) is 24.9 Å². The van der Waals surface area contributed by atoms with E-state index in [1.807, 2.05) is 54.6 Å². The largest absolute Gasteiger partial charge is 0.508 e. The maximum absolute atomic E-state index is 14.0. The van der Waals surface area contributed by atoms with Crippen molar-refractivity contribution in [3.63, 3.8) is 0 Å². The van der Waals surface area contributed by atoms with Crippen molar-refractivity contribution >= 4 is 5.91 Å². The second-order valence-electron chi connectivity index (χ2n) is 7.13. The summed E-state index contributed by atoms with van der Waals surface area (Å²) in [5.74, 6) is -0.413. The fraction of sp³-hybridized carbons (Fsp3) is 0.208. The maximum Gasteiger partial charge on any atom is 0.223 e. The molecule has 4 rings (SSSR count). The number of phenolic OH excluding ortho intramolecular Hbond substituents is 1. The molecule has 3 aromatic rings. The summed E-state index contributed by atoms with van der Waals surface area (Å²) < 4.78 is 14.0. The lowest BCUT2D eigenvalue weighted by Crippen LogP contribution is -2.40. The van der Waals surface area contributed by atoms with E-state index in [0.717, 1.165) is 23.1 Å². The van der Waals surface area contributed by atoms with Crippen molar-refractivity contribution in [2.24, 2.45) is 0 Å². The lowest BCUT2D eigenvalue weighted by Gasteiger charge is -2.38. The molecule has 0 saturated carbocycles. The van der Waals surface area contributed by atoms with Crippen molar-refractivity contribution in [1.29, 1.82) is 0 Å². The van der Waals surface area contributed by atoms with E-state index in [-0.39, 0.29) is 11.7 Å². The molecule has 3 nitrogen and oxygen atoms in total. The minimum absolute atomic E-state index is 0.00367. The Morgan fingerprint density at radius 1 is 1.00 bits per heavy atom. The fourth-order valence-corrected chi connectivity index (χ4v) is 3.95. The molecule has 0 saturated heterocycles. The minimum Gasteiger partial charge on any atom is -0.508 e. The number of phenols is 1. The topological polar surface area (TPSA) is 40.5 Å². The van der Waals surface area contributed by atoms with Crippen LogP contribution in [0.4, 0.5) is 4.39 Å². The predicted molar refractivity (Wildman–Crippen MR) is 107 cm³/mol. The van der Waals surface area contributed by atoms with Gasteiger partial charge in [-0.1, -0.05) is 54.6 Å². The summed E-state index contributed by atoms with van der Waals surface area (Å²) in [6, 6.07) is 21.2. The third-order valence-electron chi connectivity index (χ3n) is 5.36. The molecule has 4 heteroatoms. The molecular formula is C24H22FNO2.